The lowest BCUT2D eigenvalue weighted by Crippen LogP contribution is -2.17. The van der Waals surface area contributed by atoms with Crippen molar-refractivity contribution in [1.82, 2.24) is 0 Å². The van der Waals surface area contributed by atoms with Crippen LogP contribution in [0.3, 0.4) is 0 Å². The summed E-state index contributed by atoms with van der Waals surface area (Å²) in [5.74, 6) is 0. The van der Waals surface area contributed by atoms with Crippen LogP contribution in [0.2, 0.25) is 0 Å². The standard InChI is InChI=1S/C15H17N/c1-3-13-9-11-15(12-10-13)16(2)14-7-5-4-6-8-14/h3-9,11H,1,10,12H2,2H3. The number of benzene rings is 1. The maximum absolute atomic E-state index is 3.80. The summed E-state index contributed by atoms with van der Waals surface area (Å²) in [6, 6.07) is 10.4. The van der Waals surface area contributed by atoms with Gasteiger partial charge in [0.25, 0.3) is 0 Å². The van der Waals surface area contributed by atoms with Crippen LogP contribution in [0.15, 0.2) is 66.4 Å². The van der Waals surface area contributed by atoms with Gasteiger partial charge in [0, 0.05) is 18.4 Å². The second-order valence-electron chi connectivity index (χ2n) is 4.00. The van der Waals surface area contributed by atoms with E-state index in [1.807, 2.05) is 12.1 Å². The first-order valence-electron chi connectivity index (χ1n) is 5.62. The Hall–Kier alpha value is -1.76. The number of hydrogen-bond donors (Lipinski definition) is 0. The highest BCUT2D eigenvalue weighted by atomic mass is 15.1. The molecule has 0 aliphatic heterocycles. The van der Waals surface area contributed by atoms with Crippen molar-refractivity contribution < 1.29 is 0 Å². The van der Waals surface area contributed by atoms with Gasteiger partial charge in [-0.15, -0.1) is 0 Å². The summed E-state index contributed by atoms with van der Waals surface area (Å²) < 4.78 is 0. The summed E-state index contributed by atoms with van der Waals surface area (Å²) in [5, 5.41) is 0. The van der Waals surface area contributed by atoms with Crippen molar-refractivity contribution in [2.75, 3.05) is 11.9 Å². The number of rotatable bonds is 3. The molecule has 1 aliphatic carbocycles. The average molecular weight is 211 g/mol. The zero-order valence-electron chi connectivity index (χ0n) is 9.69. The van der Waals surface area contributed by atoms with Crippen molar-refractivity contribution >= 4 is 5.69 Å². The lowest BCUT2D eigenvalue weighted by atomic mass is 10.0. The number of para-hydroxylation sites is 1. The van der Waals surface area contributed by atoms with Crippen LogP contribution in [0.1, 0.15) is 12.8 Å². The van der Waals surface area contributed by atoms with Gasteiger partial charge in [-0.1, -0.05) is 36.9 Å². The van der Waals surface area contributed by atoms with E-state index in [0.717, 1.165) is 12.8 Å². The third kappa shape index (κ3) is 2.25. The van der Waals surface area contributed by atoms with E-state index in [1.54, 1.807) is 0 Å². The minimum Gasteiger partial charge on any atom is -0.348 e. The SMILES string of the molecule is C=CC1=CC=C(N(C)c2ccccc2)CC1. The Bertz CT molecular complexity index is 426. The highest BCUT2D eigenvalue weighted by Crippen LogP contribution is 2.25. The monoisotopic (exact) mass is 211 g/mol. The molecule has 0 fully saturated rings. The second-order valence-corrected chi connectivity index (χ2v) is 4.00. The predicted molar refractivity (Wildman–Crippen MR) is 70.4 cm³/mol. The summed E-state index contributed by atoms with van der Waals surface area (Å²) in [5.41, 5.74) is 3.92. The van der Waals surface area contributed by atoms with Crippen LogP contribution in [-0.2, 0) is 0 Å². The minimum atomic E-state index is 1.09. The molecule has 0 saturated carbocycles. The first-order chi connectivity index (χ1) is 7.81. The molecule has 1 aromatic carbocycles. The number of hydrogen-bond acceptors (Lipinski definition) is 1. The normalized spacial score (nSPS) is 15.1. The second kappa shape index (κ2) is 4.84. The van der Waals surface area contributed by atoms with Crippen LogP contribution in [0.5, 0.6) is 0 Å². The molecule has 0 unspecified atom stereocenters. The smallest absolute Gasteiger partial charge is 0.0405 e. The van der Waals surface area contributed by atoms with E-state index in [-0.39, 0.29) is 0 Å². The molecule has 1 aliphatic rings. The van der Waals surface area contributed by atoms with E-state index in [4.69, 9.17) is 0 Å². The van der Waals surface area contributed by atoms with Gasteiger partial charge in [0.15, 0.2) is 0 Å². The number of allylic oxidation sites excluding steroid dienone is 5. The molecule has 1 aromatic rings. The average Bonchev–Trinajstić information content (AvgIpc) is 2.39. The summed E-state index contributed by atoms with van der Waals surface area (Å²) >= 11 is 0. The molecule has 0 spiro atoms. The molecule has 0 amide bonds. The van der Waals surface area contributed by atoms with Gasteiger partial charge in [-0.3, -0.25) is 0 Å². The largest absolute Gasteiger partial charge is 0.348 e. The Morgan fingerprint density at radius 1 is 1.12 bits per heavy atom. The lowest BCUT2D eigenvalue weighted by Gasteiger charge is -2.24. The van der Waals surface area contributed by atoms with Gasteiger partial charge in [-0.2, -0.15) is 0 Å². The molecule has 0 radical (unpaired) electrons. The van der Waals surface area contributed by atoms with Crippen molar-refractivity contribution in [3.63, 3.8) is 0 Å². The van der Waals surface area contributed by atoms with Gasteiger partial charge >= 0.3 is 0 Å². The lowest BCUT2D eigenvalue weighted by molar-refractivity contribution is 0.874. The summed E-state index contributed by atoms with van der Waals surface area (Å²) in [6.45, 7) is 3.80. The molecule has 2 rings (SSSR count). The molecule has 82 valence electrons. The molecule has 1 nitrogen and oxygen atoms in total. The third-order valence-corrected chi connectivity index (χ3v) is 3.00. The highest BCUT2D eigenvalue weighted by Gasteiger charge is 2.09. The van der Waals surface area contributed by atoms with Crippen LogP contribution < -0.4 is 4.90 Å². The van der Waals surface area contributed by atoms with Crippen molar-refractivity contribution in [3.8, 4) is 0 Å². The molecular formula is C15H17N. The fourth-order valence-corrected chi connectivity index (χ4v) is 1.91. The van der Waals surface area contributed by atoms with E-state index in [1.165, 1.54) is 17.0 Å². The summed E-state index contributed by atoms with van der Waals surface area (Å²) in [6.07, 6.45) is 8.46. The molecule has 0 saturated heterocycles. The van der Waals surface area contributed by atoms with Crippen LogP contribution in [0.4, 0.5) is 5.69 Å². The van der Waals surface area contributed by atoms with Gasteiger partial charge in [0.2, 0.25) is 0 Å². The Morgan fingerprint density at radius 2 is 1.88 bits per heavy atom. The van der Waals surface area contributed by atoms with Crippen molar-refractivity contribution in [2.45, 2.75) is 12.8 Å². The van der Waals surface area contributed by atoms with Gasteiger partial charge < -0.3 is 4.90 Å². The van der Waals surface area contributed by atoms with Gasteiger partial charge in [0.05, 0.1) is 0 Å². The Balaban J connectivity index is 2.18. The van der Waals surface area contributed by atoms with Crippen molar-refractivity contribution in [3.05, 3.63) is 66.4 Å². The fraction of sp³-hybridized carbons (Fsp3) is 0.200. The van der Waals surface area contributed by atoms with Crippen LogP contribution in [0, 0.1) is 0 Å². The Labute approximate surface area is 97.4 Å². The topological polar surface area (TPSA) is 3.24 Å². The van der Waals surface area contributed by atoms with Gasteiger partial charge in [-0.05, 0) is 36.6 Å². The predicted octanol–water partition coefficient (Wildman–Crippen LogP) is 3.91. The highest BCUT2D eigenvalue weighted by molar-refractivity contribution is 5.52. The molecule has 0 aromatic heterocycles. The molecule has 16 heavy (non-hydrogen) atoms. The fourth-order valence-electron chi connectivity index (χ4n) is 1.91. The third-order valence-electron chi connectivity index (χ3n) is 3.00. The zero-order chi connectivity index (χ0) is 11.4. The molecule has 0 heterocycles. The number of anilines is 1. The summed E-state index contributed by atoms with van der Waals surface area (Å²) in [4.78, 5) is 2.25. The molecule has 0 atom stereocenters. The van der Waals surface area contributed by atoms with E-state index < -0.39 is 0 Å². The Morgan fingerprint density at radius 3 is 2.44 bits per heavy atom. The number of nitrogens with zero attached hydrogens (tertiary/aromatic N) is 1. The Kier molecular flexibility index (Phi) is 3.25. The molecule has 1 heteroatoms. The van der Waals surface area contributed by atoms with E-state index in [0.29, 0.717) is 0 Å². The van der Waals surface area contributed by atoms with Gasteiger partial charge in [0.1, 0.15) is 0 Å². The van der Waals surface area contributed by atoms with E-state index >= 15 is 0 Å². The zero-order valence-corrected chi connectivity index (χ0v) is 9.69. The van der Waals surface area contributed by atoms with Crippen molar-refractivity contribution in [1.29, 1.82) is 0 Å². The van der Waals surface area contributed by atoms with E-state index in [2.05, 4.69) is 54.9 Å². The van der Waals surface area contributed by atoms with Crippen molar-refractivity contribution in [2.24, 2.45) is 0 Å². The molecule has 0 N–H and O–H groups in total. The minimum absolute atomic E-state index is 1.09. The van der Waals surface area contributed by atoms with E-state index in [9.17, 15) is 0 Å². The summed E-state index contributed by atoms with van der Waals surface area (Å²) in [7, 11) is 2.12. The van der Waals surface area contributed by atoms with Gasteiger partial charge in [-0.25, -0.2) is 0 Å². The first-order valence-corrected chi connectivity index (χ1v) is 5.62. The van der Waals surface area contributed by atoms with Crippen LogP contribution in [0.25, 0.3) is 0 Å². The first kappa shape index (κ1) is 10.7. The molecule has 0 bridgehead atoms. The maximum atomic E-state index is 3.80. The maximum Gasteiger partial charge on any atom is 0.0405 e. The van der Waals surface area contributed by atoms with Crippen LogP contribution in [-0.4, -0.2) is 7.05 Å². The van der Waals surface area contributed by atoms with Crippen LogP contribution >= 0.6 is 0 Å². The molecular weight excluding hydrogens is 194 g/mol. The quantitative estimate of drug-likeness (QED) is 0.732.